The maximum absolute atomic E-state index is 13.3. The Morgan fingerprint density at radius 1 is 1.50 bits per heavy atom. The number of nitrogens with zero attached hydrogens (tertiary/aromatic N) is 1. The molecule has 9 heteroatoms. The molecule has 0 atom stereocenters. The molecule has 0 N–H and O–H groups in total. The zero-order valence-corrected chi connectivity index (χ0v) is 10.4. The van der Waals surface area contributed by atoms with Gasteiger partial charge in [-0.15, -0.1) is 13.2 Å². The van der Waals surface area contributed by atoms with Gasteiger partial charge in [0.2, 0.25) is 0 Å². The van der Waals surface area contributed by atoms with Crippen LogP contribution in [0.2, 0.25) is 0 Å². The fourth-order valence-electron chi connectivity index (χ4n) is 1.05. The highest BCUT2D eigenvalue weighted by atomic mass is 79.9. The summed E-state index contributed by atoms with van der Waals surface area (Å²) in [6, 6.07) is 0.434. The highest BCUT2D eigenvalue weighted by molar-refractivity contribution is 9.08. The van der Waals surface area contributed by atoms with Crippen LogP contribution in [0.15, 0.2) is 6.07 Å². The van der Waals surface area contributed by atoms with Crippen molar-refractivity contribution >= 4 is 21.9 Å². The number of pyridine rings is 1. The highest BCUT2D eigenvalue weighted by Crippen LogP contribution is 2.28. The first kappa shape index (κ1) is 14.7. The summed E-state index contributed by atoms with van der Waals surface area (Å²) in [4.78, 5) is 14.7. The highest BCUT2D eigenvalue weighted by Gasteiger charge is 2.34. The van der Waals surface area contributed by atoms with Crippen LogP contribution in [-0.4, -0.2) is 24.4 Å². The molecule has 0 aliphatic heterocycles. The van der Waals surface area contributed by atoms with Crippen molar-refractivity contribution < 1.29 is 31.8 Å². The molecule has 0 aromatic carbocycles. The van der Waals surface area contributed by atoms with Crippen molar-refractivity contribution in [2.45, 2.75) is 11.7 Å². The molecule has 0 spiro atoms. The summed E-state index contributed by atoms with van der Waals surface area (Å²) < 4.78 is 57.2. The Morgan fingerprint density at radius 3 is 2.56 bits per heavy atom. The summed E-state index contributed by atoms with van der Waals surface area (Å²) in [7, 11) is 0.957. The van der Waals surface area contributed by atoms with E-state index in [1.165, 1.54) is 0 Å². The van der Waals surface area contributed by atoms with Crippen LogP contribution in [0.5, 0.6) is 5.75 Å². The van der Waals surface area contributed by atoms with Gasteiger partial charge < -0.3 is 9.47 Å². The van der Waals surface area contributed by atoms with E-state index >= 15 is 0 Å². The van der Waals surface area contributed by atoms with E-state index in [0.717, 1.165) is 7.11 Å². The molecular weight excluding hydrogens is 326 g/mol. The lowest BCUT2D eigenvalue weighted by atomic mass is 10.2. The summed E-state index contributed by atoms with van der Waals surface area (Å²) in [5, 5.41) is -0.0743. The minimum atomic E-state index is -5.06. The van der Waals surface area contributed by atoms with E-state index in [1.807, 2.05) is 0 Å². The maximum atomic E-state index is 13.3. The van der Waals surface area contributed by atoms with E-state index in [1.54, 1.807) is 0 Å². The van der Waals surface area contributed by atoms with Gasteiger partial charge in [0.25, 0.3) is 0 Å². The first-order valence-corrected chi connectivity index (χ1v) is 5.50. The summed E-state index contributed by atoms with van der Waals surface area (Å²) in [6.45, 7) is 0. The predicted molar refractivity (Wildman–Crippen MR) is 54.8 cm³/mol. The Balaban J connectivity index is 3.30. The number of methoxy groups -OCH3 is 1. The molecule has 4 nitrogen and oxygen atoms in total. The number of aromatic nitrogens is 1. The number of hydrogen-bond donors (Lipinski definition) is 0. The van der Waals surface area contributed by atoms with Gasteiger partial charge >= 0.3 is 12.3 Å². The van der Waals surface area contributed by atoms with Crippen molar-refractivity contribution in [2.75, 3.05) is 7.11 Å². The fourth-order valence-corrected chi connectivity index (χ4v) is 1.44. The second-order valence-electron chi connectivity index (χ2n) is 2.94. The van der Waals surface area contributed by atoms with Crippen LogP contribution >= 0.6 is 15.9 Å². The van der Waals surface area contributed by atoms with Crippen molar-refractivity contribution in [1.82, 2.24) is 4.98 Å². The smallest absolute Gasteiger partial charge is 0.464 e. The van der Waals surface area contributed by atoms with Crippen LogP contribution in [-0.2, 0) is 10.1 Å². The molecule has 1 rings (SSSR count). The Labute approximate surface area is 107 Å². The van der Waals surface area contributed by atoms with E-state index < -0.39 is 29.6 Å². The Kier molecular flexibility index (Phi) is 4.49. The molecule has 100 valence electrons. The van der Waals surface area contributed by atoms with Crippen LogP contribution in [0, 0.1) is 5.82 Å². The van der Waals surface area contributed by atoms with Gasteiger partial charge in [-0.1, -0.05) is 15.9 Å². The predicted octanol–water partition coefficient (Wildman–Crippen LogP) is 2.80. The lowest BCUT2D eigenvalue weighted by molar-refractivity contribution is -0.274. The molecule has 0 bridgehead atoms. The molecule has 1 heterocycles. The van der Waals surface area contributed by atoms with Crippen LogP contribution in [0.25, 0.3) is 0 Å². The first-order chi connectivity index (χ1) is 8.28. The van der Waals surface area contributed by atoms with E-state index in [9.17, 15) is 22.4 Å². The largest absolute Gasteiger partial charge is 0.573 e. The van der Waals surface area contributed by atoms with Gasteiger partial charge in [-0.25, -0.2) is 14.2 Å². The molecule has 0 unspecified atom stereocenters. The Morgan fingerprint density at radius 2 is 2.11 bits per heavy atom. The maximum Gasteiger partial charge on any atom is 0.573 e. The monoisotopic (exact) mass is 331 g/mol. The van der Waals surface area contributed by atoms with Crippen molar-refractivity contribution in [3.05, 3.63) is 23.3 Å². The van der Waals surface area contributed by atoms with E-state index in [2.05, 4.69) is 30.4 Å². The van der Waals surface area contributed by atoms with E-state index in [0.29, 0.717) is 6.07 Å². The number of alkyl halides is 4. The minimum absolute atomic E-state index is 0.0743. The van der Waals surface area contributed by atoms with E-state index in [4.69, 9.17) is 0 Å². The zero-order valence-electron chi connectivity index (χ0n) is 8.85. The number of carbonyl (C=O) groups is 1. The van der Waals surface area contributed by atoms with Gasteiger partial charge in [0.15, 0.2) is 11.4 Å². The van der Waals surface area contributed by atoms with Gasteiger partial charge in [0, 0.05) is 11.4 Å². The van der Waals surface area contributed by atoms with Gasteiger partial charge in [-0.05, 0) is 0 Å². The number of rotatable bonds is 3. The van der Waals surface area contributed by atoms with Crippen molar-refractivity contribution in [3.8, 4) is 5.75 Å². The van der Waals surface area contributed by atoms with Crippen LogP contribution in [0.1, 0.15) is 16.2 Å². The SMILES string of the molecule is COC(=O)c1nc(CBr)c(F)cc1OC(F)(F)F. The molecule has 18 heavy (non-hydrogen) atoms. The van der Waals surface area contributed by atoms with Gasteiger partial charge in [-0.2, -0.15) is 0 Å². The Bertz CT molecular complexity index is 464. The number of hydrogen-bond acceptors (Lipinski definition) is 4. The standard InChI is InChI=1S/C9H6BrF4NO3/c1-17-8(16)7-6(18-9(12,13)14)2-4(11)5(3-10)15-7/h2H,3H2,1H3. The normalized spacial score (nSPS) is 11.2. The molecule has 0 radical (unpaired) electrons. The quantitative estimate of drug-likeness (QED) is 0.485. The molecule has 0 saturated carbocycles. The molecule has 0 amide bonds. The van der Waals surface area contributed by atoms with Crippen molar-refractivity contribution in [3.63, 3.8) is 0 Å². The van der Waals surface area contributed by atoms with E-state index in [-0.39, 0.29) is 11.0 Å². The van der Waals surface area contributed by atoms with Crippen molar-refractivity contribution in [2.24, 2.45) is 0 Å². The fraction of sp³-hybridized carbons (Fsp3) is 0.333. The average molecular weight is 332 g/mol. The topological polar surface area (TPSA) is 48.4 Å². The number of esters is 1. The third-order valence-electron chi connectivity index (χ3n) is 1.74. The second-order valence-corrected chi connectivity index (χ2v) is 3.50. The van der Waals surface area contributed by atoms with Gasteiger partial charge in [0.05, 0.1) is 12.8 Å². The average Bonchev–Trinajstić information content (AvgIpc) is 2.26. The lowest BCUT2D eigenvalue weighted by Crippen LogP contribution is -2.20. The van der Waals surface area contributed by atoms with Gasteiger partial charge in [0.1, 0.15) is 5.82 Å². The number of ether oxygens (including phenoxy) is 2. The molecular formula is C9H6BrF4NO3. The molecule has 0 aliphatic rings. The minimum Gasteiger partial charge on any atom is -0.464 e. The number of halogens is 5. The van der Waals surface area contributed by atoms with Crippen molar-refractivity contribution in [1.29, 1.82) is 0 Å². The lowest BCUT2D eigenvalue weighted by Gasteiger charge is -2.12. The summed E-state index contributed by atoms with van der Waals surface area (Å²) in [6.07, 6.45) is -5.06. The molecule has 0 aliphatic carbocycles. The molecule has 0 fully saturated rings. The molecule has 0 saturated heterocycles. The van der Waals surface area contributed by atoms with Crippen LogP contribution in [0.4, 0.5) is 17.6 Å². The van der Waals surface area contributed by atoms with Crippen LogP contribution in [0.3, 0.4) is 0 Å². The third kappa shape index (κ3) is 3.56. The Hall–Kier alpha value is -1.38. The van der Waals surface area contributed by atoms with Crippen LogP contribution < -0.4 is 4.74 Å². The van der Waals surface area contributed by atoms with Gasteiger partial charge in [-0.3, -0.25) is 0 Å². The third-order valence-corrected chi connectivity index (χ3v) is 2.28. The molecule has 1 aromatic rings. The summed E-state index contributed by atoms with van der Waals surface area (Å²) in [5.41, 5.74) is -0.976. The molecule has 1 aromatic heterocycles. The zero-order chi connectivity index (χ0) is 13.9. The number of carbonyl (C=O) groups excluding carboxylic acids is 1. The second kappa shape index (κ2) is 5.51. The first-order valence-electron chi connectivity index (χ1n) is 4.38. The summed E-state index contributed by atoms with van der Waals surface area (Å²) >= 11 is 2.88. The summed E-state index contributed by atoms with van der Waals surface area (Å²) in [5.74, 6) is -3.23.